The average molecular weight is 256 g/mol. The van der Waals surface area contributed by atoms with Gasteiger partial charge in [0.2, 0.25) is 0 Å². The lowest BCUT2D eigenvalue weighted by atomic mass is 9.81. The SMILES string of the molecule is CCCCCN(CC1(CN)CCCOC1)C(C)C. The van der Waals surface area contributed by atoms with E-state index in [0.29, 0.717) is 6.04 Å². The molecule has 0 aromatic carbocycles. The van der Waals surface area contributed by atoms with Crippen LogP contribution in [0.1, 0.15) is 52.9 Å². The van der Waals surface area contributed by atoms with Crippen molar-refractivity contribution in [3.05, 3.63) is 0 Å². The predicted octanol–water partition coefficient (Wildman–Crippen LogP) is 2.64. The van der Waals surface area contributed by atoms with Crippen LogP contribution in [-0.2, 0) is 4.74 Å². The van der Waals surface area contributed by atoms with Crippen LogP contribution < -0.4 is 5.73 Å². The molecule has 0 aromatic heterocycles. The van der Waals surface area contributed by atoms with Crippen molar-refractivity contribution in [2.24, 2.45) is 11.1 Å². The Kier molecular flexibility index (Phi) is 7.20. The van der Waals surface area contributed by atoms with Gasteiger partial charge in [0, 0.05) is 31.2 Å². The van der Waals surface area contributed by atoms with Gasteiger partial charge in [-0.1, -0.05) is 19.8 Å². The van der Waals surface area contributed by atoms with Crippen molar-refractivity contribution in [3.63, 3.8) is 0 Å². The van der Waals surface area contributed by atoms with Crippen LogP contribution in [0.25, 0.3) is 0 Å². The molecule has 0 radical (unpaired) electrons. The molecule has 1 aliphatic rings. The fourth-order valence-corrected chi connectivity index (χ4v) is 2.78. The fraction of sp³-hybridized carbons (Fsp3) is 1.00. The van der Waals surface area contributed by atoms with Crippen LogP contribution in [0.5, 0.6) is 0 Å². The van der Waals surface area contributed by atoms with Gasteiger partial charge in [-0.15, -0.1) is 0 Å². The number of rotatable bonds is 8. The fourth-order valence-electron chi connectivity index (χ4n) is 2.78. The number of hydrogen-bond acceptors (Lipinski definition) is 3. The van der Waals surface area contributed by atoms with Crippen LogP contribution in [0, 0.1) is 5.41 Å². The molecule has 0 amide bonds. The molecule has 18 heavy (non-hydrogen) atoms. The Morgan fingerprint density at radius 3 is 2.61 bits per heavy atom. The van der Waals surface area contributed by atoms with Gasteiger partial charge in [0.15, 0.2) is 0 Å². The number of ether oxygens (including phenoxy) is 1. The van der Waals surface area contributed by atoms with Crippen LogP contribution in [0.2, 0.25) is 0 Å². The quantitative estimate of drug-likeness (QED) is 0.679. The molecule has 0 aliphatic carbocycles. The summed E-state index contributed by atoms with van der Waals surface area (Å²) in [5, 5.41) is 0. The second-order valence-electron chi connectivity index (χ2n) is 6.13. The summed E-state index contributed by atoms with van der Waals surface area (Å²) in [6.07, 6.45) is 6.31. The van der Waals surface area contributed by atoms with Crippen LogP contribution in [0.15, 0.2) is 0 Å². The van der Waals surface area contributed by atoms with Gasteiger partial charge in [-0.2, -0.15) is 0 Å². The Labute approximate surface area is 113 Å². The lowest BCUT2D eigenvalue weighted by Gasteiger charge is -2.41. The molecule has 1 heterocycles. The maximum Gasteiger partial charge on any atom is 0.0546 e. The van der Waals surface area contributed by atoms with E-state index in [2.05, 4.69) is 25.7 Å². The Morgan fingerprint density at radius 1 is 1.33 bits per heavy atom. The highest BCUT2D eigenvalue weighted by atomic mass is 16.5. The van der Waals surface area contributed by atoms with E-state index in [0.717, 1.165) is 32.7 Å². The number of nitrogens with two attached hydrogens (primary N) is 1. The molecular weight excluding hydrogens is 224 g/mol. The van der Waals surface area contributed by atoms with E-state index in [9.17, 15) is 0 Å². The minimum atomic E-state index is 0.203. The third kappa shape index (κ3) is 4.87. The summed E-state index contributed by atoms with van der Waals surface area (Å²) in [4.78, 5) is 2.59. The smallest absolute Gasteiger partial charge is 0.0546 e. The lowest BCUT2D eigenvalue weighted by Crippen LogP contribution is -2.49. The van der Waals surface area contributed by atoms with Gasteiger partial charge < -0.3 is 15.4 Å². The topological polar surface area (TPSA) is 38.5 Å². The van der Waals surface area contributed by atoms with Crippen molar-refractivity contribution < 1.29 is 4.74 Å². The number of unbranched alkanes of at least 4 members (excludes halogenated alkanes) is 2. The minimum absolute atomic E-state index is 0.203. The molecule has 0 bridgehead atoms. The minimum Gasteiger partial charge on any atom is -0.381 e. The normalized spacial score (nSPS) is 25.0. The van der Waals surface area contributed by atoms with E-state index in [1.165, 1.54) is 32.2 Å². The Hall–Kier alpha value is -0.120. The van der Waals surface area contributed by atoms with Gasteiger partial charge in [-0.3, -0.25) is 0 Å². The first-order valence-electron chi connectivity index (χ1n) is 7.65. The van der Waals surface area contributed by atoms with Gasteiger partial charge in [0.1, 0.15) is 0 Å². The Balaban J connectivity index is 2.51. The summed E-state index contributed by atoms with van der Waals surface area (Å²) in [6.45, 7) is 11.7. The van der Waals surface area contributed by atoms with E-state index >= 15 is 0 Å². The number of hydrogen-bond donors (Lipinski definition) is 1. The summed E-state index contributed by atoms with van der Waals surface area (Å²) in [6, 6.07) is 0.604. The first kappa shape index (κ1) is 15.9. The molecule has 2 N–H and O–H groups in total. The maximum absolute atomic E-state index is 6.03. The zero-order valence-electron chi connectivity index (χ0n) is 12.6. The van der Waals surface area contributed by atoms with Crippen LogP contribution in [0.4, 0.5) is 0 Å². The summed E-state index contributed by atoms with van der Waals surface area (Å²) in [7, 11) is 0. The molecule has 1 fully saturated rings. The molecule has 1 saturated heterocycles. The monoisotopic (exact) mass is 256 g/mol. The highest BCUT2D eigenvalue weighted by Gasteiger charge is 2.33. The molecular formula is C15H32N2O. The van der Waals surface area contributed by atoms with E-state index in [1.807, 2.05) is 0 Å². The first-order chi connectivity index (χ1) is 8.63. The lowest BCUT2D eigenvalue weighted by molar-refractivity contribution is -0.0267. The second kappa shape index (κ2) is 8.13. The van der Waals surface area contributed by atoms with E-state index < -0.39 is 0 Å². The van der Waals surface area contributed by atoms with E-state index in [-0.39, 0.29) is 5.41 Å². The van der Waals surface area contributed by atoms with Crippen molar-refractivity contribution in [1.82, 2.24) is 4.90 Å². The van der Waals surface area contributed by atoms with Crippen molar-refractivity contribution in [2.75, 3.05) is 32.8 Å². The standard InChI is InChI=1S/C15H32N2O/c1-4-5-6-9-17(14(2)3)12-15(11-16)8-7-10-18-13-15/h14H,4-13,16H2,1-3H3. The summed E-state index contributed by atoms with van der Waals surface area (Å²) >= 11 is 0. The molecule has 0 spiro atoms. The van der Waals surface area contributed by atoms with Gasteiger partial charge in [-0.05, 0) is 39.7 Å². The van der Waals surface area contributed by atoms with Crippen LogP contribution in [0.3, 0.4) is 0 Å². The predicted molar refractivity (Wildman–Crippen MR) is 77.8 cm³/mol. The largest absolute Gasteiger partial charge is 0.381 e. The Bertz CT molecular complexity index is 213. The zero-order valence-corrected chi connectivity index (χ0v) is 12.6. The molecule has 1 aliphatic heterocycles. The molecule has 1 unspecified atom stereocenters. The summed E-state index contributed by atoms with van der Waals surface area (Å²) in [5.41, 5.74) is 6.24. The summed E-state index contributed by atoms with van der Waals surface area (Å²) in [5.74, 6) is 0. The highest BCUT2D eigenvalue weighted by Crippen LogP contribution is 2.29. The van der Waals surface area contributed by atoms with Gasteiger partial charge in [-0.25, -0.2) is 0 Å². The van der Waals surface area contributed by atoms with Gasteiger partial charge >= 0.3 is 0 Å². The molecule has 1 atom stereocenters. The van der Waals surface area contributed by atoms with Crippen molar-refractivity contribution in [1.29, 1.82) is 0 Å². The average Bonchev–Trinajstić information content (AvgIpc) is 2.39. The van der Waals surface area contributed by atoms with Crippen molar-refractivity contribution in [3.8, 4) is 0 Å². The second-order valence-corrected chi connectivity index (χ2v) is 6.13. The maximum atomic E-state index is 6.03. The van der Waals surface area contributed by atoms with E-state index in [4.69, 9.17) is 10.5 Å². The number of nitrogens with zero attached hydrogens (tertiary/aromatic N) is 1. The van der Waals surface area contributed by atoms with Crippen LogP contribution in [-0.4, -0.2) is 43.8 Å². The zero-order chi connectivity index (χ0) is 13.4. The molecule has 3 heteroatoms. The third-order valence-electron chi connectivity index (χ3n) is 4.15. The molecule has 108 valence electrons. The summed E-state index contributed by atoms with van der Waals surface area (Å²) < 4.78 is 5.68. The van der Waals surface area contributed by atoms with E-state index in [1.54, 1.807) is 0 Å². The molecule has 1 rings (SSSR count). The van der Waals surface area contributed by atoms with Crippen molar-refractivity contribution in [2.45, 2.75) is 58.9 Å². The third-order valence-corrected chi connectivity index (χ3v) is 4.15. The first-order valence-corrected chi connectivity index (χ1v) is 7.65. The van der Waals surface area contributed by atoms with Gasteiger partial charge in [0.05, 0.1) is 6.61 Å². The van der Waals surface area contributed by atoms with Crippen LogP contribution >= 0.6 is 0 Å². The van der Waals surface area contributed by atoms with Gasteiger partial charge in [0.25, 0.3) is 0 Å². The highest BCUT2D eigenvalue weighted by molar-refractivity contribution is 4.87. The Morgan fingerprint density at radius 2 is 2.11 bits per heavy atom. The molecule has 3 nitrogen and oxygen atoms in total. The molecule has 0 saturated carbocycles. The molecule has 0 aromatic rings. The van der Waals surface area contributed by atoms with Crippen molar-refractivity contribution >= 4 is 0 Å².